The highest BCUT2D eigenvalue weighted by Crippen LogP contribution is 2.29. The lowest BCUT2D eigenvalue weighted by Crippen LogP contribution is -2.39. The van der Waals surface area contributed by atoms with Gasteiger partial charge >= 0.3 is 0 Å². The molecule has 1 saturated carbocycles. The van der Waals surface area contributed by atoms with Gasteiger partial charge in [0.25, 0.3) is 0 Å². The number of nitrogens with zero attached hydrogens (tertiary/aromatic N) is 1. The third-order valence-corrected chi connectivity index (χ3v) is 4.06. The summed E-state index contributed by atoms with van der Waals surface area (Å²) in [5, 5.41) is 0. The van der Waals surface area contributed by atoms with Gasteiger partial charge in [0, 0.05) is 25.6 Å². The van der Waals surface area contributed by atoms with E-state index in [-0.39, 0.29) is 5.92 Å². The van der Waals surface area contributed by atoms with Crippen molar-refractivity contribution in [1.82, 2.24) is 4.90 Å². The van der Waals surface area contributed by atoms with Gasteiger partial charge in [0.05, 0.1) is 6.61 Å². The zero-order chi connectivity index (χ0) is 12.1. The number of hydrogen-bond acceptors (Lipinski definition) is 3. The lowest BCUT2D eigenvalue weighted by molar-refractivity contribution is -0.136. The van der Waals surface area contributed by atoms with Gasteiger partial charge in [0.15, 0.2) is 0 Å². The zero-order valence-corrected chi connectivity index (χ0v) is 10.6. The van der Waals surface area contributed by atoms with E-state index >= 15 is 0 Å². The smallest absolute Gasteiger partial charge is 0.225 e. The van der Waals surface area contributed by atoms with E-state index in [1.54, 1.807) is 0 Å². The lowest BCUT2D eigenvalue weighted by atomic mass is 9.81. The summed E-state index contributed by atoms with van der Waals surface area (Å²) in [5.74, 6) is 1.24. The lowest BCUT2D eigenvalue weighted by Gasteiger charge is -2.31. The molecule has 2 aliphatic rings. The molecule has 0 aromatic heterocycles. The van der Waals surface area contributed by atoms with E-state index in [9.17, 15) is 4.79 Å². The highest BCUT2D eigenvalue weighted by Gasteiger charge is 2.29. The molecule has 4 heteroatoms. The largest absolute Gasteiger partial charge is 0.380 e. The molecule has 0 radical (unpaired) electrons. The van der Waals surface area contributed by atoms with Crippen LogP contribution in [-0.4, -0.2) is 43.7 Å². The van der Waals surface area contributed by atoms with Gasteiger partial charge in [-0.05, 0) is 44.6 Å². The normalized spacial score (nSPS) is 31.0. The van der Waals surface area contributed by atoms with Crippen LogP contribution in [0, 0.1) is 11.8 Å². The van der Waals surface area contributed by atoms with Crippen LogP contribution < -0.4 is 5.73 Å². The quantitative estimate of drug-likeness (QED) is 0.783. The Balaban J connectivity index is 1.82. The molecule has 17 heavy (non-hydrogen) atoms. The van der Waals surface area contributed by atoms with Crippen LogP contribution in [0.2, 0.25) is 0 Å². The van der Waals surface area contributed by atoms with Crippen LogP contribution in [0.15, 0.2) is 0 Å². The maximum Gasteiger partial charge on any atom is 0.225 e. The number of nitrogens with two attached hydrogens (primary N) is 1. The fourth-order valence-electron chi connectivity index (χ4n) is 2.87. The third kappa shape index (κ3) is 3.42. The topological polar surface area (TPSA) is 55.6 Å². The monoisotopic (exact) mass is 240 g/mol. The second kappa shape index (κ2) is 6.36. The average molecular weight is 240 g/mol. The minimum atomic E-state index is 0.246. The number of amides is 1. The predicted molar refractivity (Wildman–Crippen MR) is 66.5 cm³/mol. The molecule has 0 bridgehead atoms. The van der Waals surface area contributed by atoms with Crippen LogP contribution in [0.25, 0.3) is 0 Å². The first-order chi connectivity index (χ1) is 8.31. The minimum absolute atomic E-state index is 0.246. The zero-order valence-electron chi connectivity index (χ0n) is 10.6. The van der Waals surface area contributed by atoms with Gasteiger partial charge in [-0.3, -0.25) is 4.79 Å². The van der Waals surface area contributed by atoms with E-state index in [0.29, 0.717) is 18.4 Å². The maximum absolute atomic E-state index is 12.3. The highest BCUT2D eigenvalue weighted by molar-refractivity contribution is 5.79. The summed E-state index contributed by atoms with van der Waals surface area (Å²) in [5.41, 5.74) is 5.68. The Morgan fingerprint density at radius 1 is 1.18 bits per heavy atom. The summed E-state index contributed by atoms with van der Waals surface area (Å²) in [7, 11) is 0. The first-order valence-corrected chi connectivity index (χ1v) is 6.88. The summed E-state index contributed by atoms with van der Waals surface area (Å²) >= 11 is 0. The molecule has 0 spiro atoms. The molecule has 2 rings (SSSR count). The molecule has 98 valence electrons. The van der Waals surface area contributed by atoms with Crippen molar-refractivity contribution in [2.75, 3.05) is 32.8 Å². The van der Waals surface area contributed by atoms with E-state index in [1.165, 1.54) is 0 Å². The standard InChI is InChI=1S/C13H24N2O2/c14-10-11-2-4-12(5-3-11)13(16)15-6-1-8-17-9-7-15/h11-12H,1-10,14H2. The Labute approximate surface area is 103 Å². The number of carbonyl (C=O) groups is 1. The molecule has 2 fully saturated rings. The van der Waals surface area contributed by atoms with Crippen LogP contribution in [0.4, 0.5) is 0 Å². The van der Waals surface area contributed by atoms with Crippen LogP contribution >= 0.6 is 0 Å². The molecule has 1 saturated heterocycles. The average Bonchev–Trinajstić information content (AvgIpc) is 2.67. The molecule has 0 aromatic carbocycles. The molecule has 1 aliphatic heterocycles. The number of ether oxygens (including phenoxy) is 1. The first kappa shape index (κ1) is 12.8. The van der Waals surface area contributed by atoms with Gasteiger partial charge in [0.2, 0.25) is 5.91 Å². The Morgan fingerprint density at radius 2 is 1.94 bits per heavy atom. The number of carbonyl (C=O) groups excluding carboxylic acids is 1. The van der Waals surface area contributed by atoms with Crippen LogP contribution in [0.3, 0.4) is 0 Å². The van der Waals surface area contributed by atoms with E-state index in [4.69, 9.17) is 10.5 Å². The van der Waals surface area contributed by atoms with Crippen molar-refractivity contribution < 1.29 is 9.53 Å². The van der Waals surface area contributed by atoms with Gasteiger partial charge in [-0.15, -0.1) is 0 Å². The molecule has 0 aromatic rings. The molecule has 2 N–H and O–H groups in total. The highest BCUT2D eigenvalue weighted by atomic mass is 16.5. The van der Waals surface area contributed by atoms with Gasteiger partial charge in [-0.1, -0.05) is 0 Å². The van der Waals surface area contributed by atoms with E-state index in [2.05, 4.69) is 0 Å². The summed E-state index contributed by atoms with van der Waals surface area (Å²) in [6.45, 7) is 3.91. The van der Waals surface area contributed by atoms with Gasteiger partial charge < -0.3 is 15.4 Å². The second-order valence-corrected chi connectivity index (χ2v) is 5.24. The molecule has 0 unspecified atom stereocenters. The Morgan fingerprint density at radius 3 is 2.65 bits per heavy atom. The van der Waals surface area contributed by atoms with E-state index < -0.39 is 0 Å². The van der Waals surface area contributed by atoms with Crippen molar-refractivity contribution in [3.8, 4) is 0 Å². The Hall–Kier alpha value is -0.610. The molecule has 1 aliphatic carbocycles. The fourth-order valence-corrected chi connectivity index (χ4v) is 2.87. The Bertz CT molecular complexity index is 242. The molecule has 1 heterocycles. The van der Waals surface area contributed by atoms with Crippen LogP contribution in [0.5, 0.6) is 0 Å². The third-order valence-electron chi connectivity index (χ3n) is 4.06. The molecule has 1 amide bonds. The minimum Gasteiger partial charge on any atom is -0.380 e. The molecular weight excluding hydrogens is 216 g/mol. The van der Waals surface area contributed by atoms with Crippen LogP contribution in [-0.2, 0) is 9.53 Å². The summed E-state index contributed by atoms with van der Waals surface area (Å²) in [6, 6.07) is 0. The van der Waals surface area contributed by atoms with Crippen molar-refractivity contribution in [3.63, 3.8) is 0 Å². The maximum atomic E-state index is 12.3. The number of hydrogen-bond donors (Lipinski definition) is 1. The van der Waals surface area contributed by atoms with Crippen molar-refractivity contribution in [1.29, 1.82) is 0 Å². The Kier molecular flexibility index (Phi) is 4.80. The number of rotatable bonds is 2. The van der Waals surface area contributed by atoms with Gasteiger partial charge in [-0.2, -0.15) is 0 Å². The van der Waals surface area contributed by atoms with Crippen LogP contribution in [0.1, 0.15) is 32.1 Å². The second-order valence-electron chi connectivity index (χ2n) is 5.24. The molecular formula is C13H24N2O2. The fraction of sp³-hybridized carbons (Fsp3) is 0.923. The van der Waals surface area contributed by atoms with Gasteiger partial charge in [-0.25, -0.2) is 0 Å². The van der Waals surface area contributed by atoms with Crippen molar-refractivity contribution in [3.05, 3.63) is 0 Å². The molecule has 0 atom stereocenters. The van der Waals surface area contributed by atoms with Crippen molar-refractivity contribution >= 4 is 5.91 Å². The summed E-state index contributed by atoms with van der Waals surface area (Å²) in [4.78, 5) is 14.3. The van der Waals surface area contributed by atoms with Gasteiger partial charge in [0.1, 0.15) is 0 Å². The van der Waals surface area contributed by atoms with Crippen molar-refractivity contribution in [2.45, 2.75) is 32.1 Å². The van der Waals surface area contributed by atoms with Crippen molar-refractivity contribution in [2.24, 2.45) is 17.6 Å². The summed E-state index contributed by atoms with van der Waals surface area (Å²) < 4.78 is 5.39. The van der Waals surface area contributed by atoms with E-state index in [0.717, 1.165) is 58.3 Å². The predicted octanol–water partition coefficient (Wildman–Crippen LogP) is 1.00. The first-order valence-electron chi connectivity index (χ1n) is 6.88. The SMILES string of the molecule is NCC1CCC(C(=O)N2CCCOCC2)CC1. The summed E-state index contributed by atoms with van der Waals surface area (Å²) in [6.07, 6.45) is 5.27. The van der Waals surface area contributed by atoms with E-state index in [1.807, 2.05) is 4.90 Å². The molecule has 4 nitrogen and oxygen atoms in total.